The quantitative estimate of drug-likeness (QED) is 0.889. The topological polar surface area (TPSA) is 65.3 Å². The lowest BCUT2D eigenvalue weighted by atomic mass is 10.3. The predicted molar refractivity (Wildman–Crippen MR) is 73.2 cm³/mol. The summed E-state index contributed by atoms with van der Waals surface area (Å²) in [7, 11) is 4.62. The van der Waals surface area contributed by atoms with Crippen LogP contribution in [0.5, 0.6) is 5.75 Å². The van der Waals surface area contributed by atoms with E-state index >= 15 is 0 Å². The second-order valence-corrected chi connectivity index (χ2v) is 4.13. The number of nitrogens with one attached hydrogen (secondary N) is 1. The molecular formula is C13H15N3O3. The van der Waals surface area contributed by atoms with Crippen molar-refractivity contribution in [1.29, 1.82) is 0 Å². The van der Waals surface area contributed by atoms with Gasteiger partial charge in [0.1, 0.15) is 11.6 Å². The smallest absolute Gasteiger partial charge is 0.332 e. The van der Waals surface area contributed by atoms with Crippen molar-refractivity contribution in [2.45, 2.75) is 0 Å². The Bertz CT molecular complexity index is 716. The molecule has 2 rings (SSSR count). The van der Waals surface area contributed by atoms with Gasteiger partial charge in [-0.25, -0.2) is 4.79 Å². The molecule has 0 aliphatic rings. The summed E-state index contributed by atoms with van der Waals surface area (Å²) in [5.74, 6) is 1.13. The fourth-order valence-corrected chi connectivity index (χ4v) is 1.70. The molecule has 1 heterocycles. The molecular weight excluding hydrogens is 246 g/mol. The van der Waals surface area contributed by atoms with Crippen LogP contribution in [0.3, 0.4) is 0 Å². The SMILES string of the molecule is COc1cccc(Nc2cc(=O)n(C)c(=O)n2C)c1. The van der Waals surface area contributed by atoms with E-state index in [-0.39, 0.29) is 11.2 Å². The van der Waals surface area contributed by atoms with Gasteiger partial charge in [0.05, 0.1) is 7.11 Å². The molecule has 0 fully saturated rings. The van der Waals surface area contributed by atoms with Crippen molar-refractivity contribution in [3.63, 3.8) is 0 Å². The molecule has 19 heavy (non-hydrogen) atoms. The number of nitrogens with zero attached hydrogens (tertiary/aromatic N) is 2. The average Bonchev–Trinajstić information content (AvgIpc) is 2.42. The molecule has 0 spiro atoms. The first-order valence-electron chi connectivity index (χ1n) is 5.71. The van der Waals surface area contributed by atoms with Crippen LogP contribution in [0.4, 0.5) is 11.5 Å². The third kappa shape index (κ3) is 2.52. The standard InChI is InChI=1S/C13H15N3O3/c1-15-11(8-12(17)16(2)13(15)18)14-9-5-4-6-10(7-9)19-3/h4-8,14H,1-3H3. The van der Waals surface area contributed by atoms with E-state index in [0.29, 0.717) is 11.6 Å². The van der Waals surface area contributed by atoms with Crippen LogP contribution in [-0.4, -0.2) is 16.2 Å². The summed E-state index contributed by atoms with van der Waals surface area (Å²) in [6.07, 6.45) is 0. The van der Waals surface area contributed by atoms with E-state index in [1.807, 2.05) is 18.2 Å². The van der Waals surface area contributed by atoms with Crippen LogP contribution < -0.4 is 21.3 Å². The van der Waals surface area contributed by atoms with Crippen LogP contribution in [0.2, 0.25) is 0 Å². The summed E-state index contributed by atoms with van der Waals surface area (Å²) in [6, 6.07) is 8.61. The van der Waals surface area contributed by atoms with E-state index in [1.54, 1.807) is 20.2 Å². The van der Waals surface area contributed by atoms with Crippen molar-refractivity contribution < 1.29 is 4.74 Å². The molecule has 0 bridgehead atoms. The van der Waals surface area contributed by atoms with Crippen molar-refractivity contribution in [3.05, 3.63) is 51.2 Å². The first-order valence-corrected chi connectivity index (χ1v) is 5.71. The van der Waals surface area contributed by atoms with Crippen LogP contribution in [0, 0.1) is 0 Å². The first kappa shape index (κ1) is 12.9. The summed E-state index contributed by atoms with van der Waals surface area (Å²) >= 11 is 0. The zero-order valence-electron chi connectivity index (χ0n) is 11.0. The monoisotopic (exact) mass is 261 g/mol. The summed E-state index contributed by atoms with van der Waals surface area (Å²) in [5, 5.41) is 3.03. The van der Waals surface area contributed by atoms with E-state index in [0.717, 1.165) is 10.3 Å². The molecule has 1 aromatic carbocycles. The first-order chi connectivity index (χ1) is 9.02. The molecule has 0 amide bonds. The Morgan fingerprint density at radius 2 is 1.84 bits per heavy atom. The Morgan fingerprint density at radius 3 is 2.53 bits per heavy atom. The van der Waals surface area contributed by atoms with Crippen molar-refractivity contribution in [1.82, 2.24) is 9.13 Å². The fourth-order valence-electron chi connectivity index (χ4n) is 1.70. The molecule has 6 heteroatoms. The Hall–Kier alpha value is -2.50. The van der Waals surface area contributed by atoms with Crippen molar-refractivity contribution in [2.75, 3.05) is 12.4 Å². The lowest BCUT2D eigenvalue weighted by Crippen LogP contribution is -2.37. The Labute approximate surface area is 109 Å². The number of rotatable bonds is 3. The minimum absolute atomic E-state index is 0.353. The number of ether oxygens (including phenoxy) is 1. The van der Waals surface area contributed by atoms with E-state index in [9.17, 15) is 9.59 Å². The van der Waals surface area contributed by atoms with Gasteiger partial charge in [0.2, 0.25) is 0 Å². The van der Waals surface area contributed by atoms with Gasteiger partial charge in [-0.05, 0) is 12.1 Å². The van der Waals surface area contributed by atoms with Crippen LogP contribution >= 0.6 is 0 Å². The van der Waals surface area contributed by atoms with Gasteiger partial charge in [0, 0.05) is 31.9 Å². The average molecular weight is 261 g/mol. The lowest BCUT2D eigenvalue weighted by molar-refractivity contribution is 0.415. The van der Waals surface area contributed by atoms with Gasteiger partial charge >= 0.3 is 5.69 Å². The molecule has 1 N–H and O–H groups in total. The van der Waals surface area contributed by atoms with Gasteiger partial charge in [0.15, 0.2) is 0 Å². The number of aromatic nitrogens is 2. The van der Waals surface area contributed by atoms with Gasteiger partial charge in [-0.1, -0.05) is 6.07 Å². The van der Waals surface area contributed by atoms with Gasteiger partial charge in [-0.3, -0.25) is 13.9 Å². The van der Waals surface area contributed by atoms with Crippen molar-refractivity contribution >= 4 is 11.5 Å². The summed E-state index contributed by atoms with van der Waals surface area (Å²) in [5.41, 5.74) is 0.00833. The summed E-state index contributed by atoms with van der Waals surface area (Å²) in [4.78, 5) is 23.4. The molecule has 0 aliphatic heterocycles. The van der Waals surface area contributed by atoms with Crippen LogP contribution in [-0.2, 0) is 14.1 Å². The number of hydrogen-bond acceptors (Lipinski definition) is 4. The molecule has 0 radical (unpaired) electrons. The molecule has 0 aliphatic carbocycles. The van der Waals surface area contributed by atoms with Crippen LogP contribution in [0.1, 0.15) is 0 Å². The Kier molecular flexibility index (Phi) is 3.41. The van der Waals surface area contributed by atoms with Crippen molar-refractivity contribution in [2.24, 2.45) is 14.1 Å². The van der Waals surface area contributed by atoms with Gasteiger partial charge in [0.25, 0.3) is 5.56 Å². The maximum Gasteiger partial charge on any atom is 0.332 e. The second-order valence-electron chi connectivity index (χ2n) is 4.13. The van der Waals surface area contributed by atoms with E-state index in [2.05, 4.69) is 5.32 Å². The molecule has 100 valence electrons. The zero-order valence-corrected chi connectivity index (χ0v) is 11.0. The zero-order chi connectivity index (χ0) is 14.0. The summed E-state index contributed by atoms with van der Waals surface area (Å²) in [6.45, 7) is 0. The third-order valence-corrected chi connectivity index (χ3v) is 2.87. The predicted octanol–water partition coefficient (Wildman–Crippen LogP) is 0.836. The molecule has 0 saturated heterocycles. The highest BCUT2D eigenvalue weighted by atomic mass is 16.5. The summed E-state index contributed by atoms with van der Waals surface area (Å²) < 4.78 is 7.54. The Balaban J connectivity index is 2.44. The van der Waals surface area contributed by atoms with Gasteiger partial charge in [-0.15, -0.1) is 0 Å². The van der Waals surface area contributed by atoms with Crippen molar-refractivity contribution in [3.8, 4) is 5.75 Å². The maximum absolute atomic E-state index is 11.8. The molecule has 6 nitrogen and oxygen atoms in total. The van der Waals surface area contributed by atoms with Crippen LogP contribution in [0.15, 0.2) is 39.9 Å². The maximum atomic E-state index is 11.8. The van der Waals surface area contributed by atoms with Crippen LogP contribution in [0.25, 0.3) is 0 Å². The van der Waals surface area contributed by atoms with Gasteiger partial charge in [-0.2, -0.15) is 0 Å². The highest BCUT2D eigenvalue weighted by molar-refractivity contribution is 5.58. The minimum Gasteiger partial charge on any atom is -0.497 e. The lowest BCUT2D eigenvalue weighted by Gasteiger charge is -2.12. The molecule has 0 atom stereocenters. The number of hydrogen-bond donors (Lipinski definition) is 1. The van der Waals surface area contributed by atoms with E-state index in [4.69, 9.17) is 4.74 Å². The number of benzene rings is 1. The number of anilines is 2. The Morgan fingerprint density at radius 1 is 1.11 bits per heavy atom. The third-order valence-electron chi connectivity index (χ3n) is 2.87. The molecule has 1 aromatic heterocycles. The molecule has 0 unspecified atom stereocenters. The minimum atomic E-state index is -0.377. The fraction of sp³-hybridized carbons (Fsp3) is 0.231. The second kappa shape index (κ2) is 5.01. The van der Waals surface area contributed by atoms with Gasteiger partial charge < -0.3 is 10.1 Å². The highest BCUT2D eigenvalue weighted by Crippen LogP contribution is 2.19. The highest BCUT2D eigenvalue weighted by Gasteiger charge is 2.06. The largest absolute Gasteiger partial charge is 0.497 e. The normalized spacial score (nSPS) is 10.3. The molecule has 2 aromatic rings. The van der Waals surface area contributed by atoms with E-state index < -0.39 is 0 Å². The molecule has 0 saturated carbocycles. The number of methoxy groups -OCH3 is 1. The van der Waals surface area contributed by atoms with E-state index in [1.165, 1.54) is 17.7 Å².